The zero-order valence-electron chi connectivity index (χ0n) is 19.8. The smallest absolute Gasteiger partial charge is 0.291 e. The number of carbonyl (C=O) groups excluding carboxylic acids is 1. The highest BCUT2D eigenvalue weighted by Crippen LogP contribution is 2.36. The van der Waals surface area contributed by atoms with Crippen LogP contribution in [0.15, 0.2) is 71.5 Å². The van der Waals surface area contributed by atoms with E-state index in [0.29, 0.717) is 44.7 Å². The summed E-state index contributed by atoms with van der Waals surface area (Å²) >= 11 is 1.12. The normalized spacial score (nSPS) is 14.4. The molecule has 0 atom stereocenters. The van der Waals surface area contributed by atoms with Crippen LogP contribution in [0.1, 0.15) is 11.1 Å². The van der Waals surface area contributed by atoms with Gasteiger partial charge < -0.3 is 14.4 Å². The van der Waals surface area contributed by atoms with Gasteiger partial charge in [0.15, 0.2) is 17.3 Å². The van der Waals surface area contributed by atoms with Crippen LogP contribution in [0.2, 0.25) is 0 Å². The molecule has 3 aromatic carbocycles. The number of benzene rings is 3. The fourth-order valence-corrected chi connectivity index (χ4v) is 5.41. The van der Waals surface area contributed by atoms with Gasteiger partial charge in [-0.2, -0.15) is 9.50 Å². The summed E-state index contributed by atoms with van der Waals surface area (Å²) in [5.74, 6) is 0.802. The molecule has 184 valence electrons. The Morgan fingerprint density at radius 2 is 1.70 bits per heavy atom. The molecule has 0 saturated carbocycles. The lowest BCUT2D eigenvalue weighted by atomic mass is 10.1. The van der Waals surface area contributed by atoms with Crippen molar-refractivity contribution >= 4 is 33.5 Å². The Morgan fingerprint density at radius 3 is 2.43 bits per heavy atom. The molecular formula is C27H19FN4O4S. The van der Waals surface area contributed by atoms with Crippen molar-refractivity contribution in [1.82, 2.24) is 14.6 Å². The maximum atomic E-state index is 13.6. The molecule has 1 aliphatic rings. The van der Waals surface area contributed by atoms with Crippen LogP contribution >= 0.6 is 11.3 Å². The number of hydrogen-bond acceptors (Lipinski definition) is 7. The van der Waals surface area contributed by atoms with Gasteiger partial charge in [0.1, 0.15) is 10.3 Å². The number of para-hydroxylation sites is 1. The van der Waals surface area contributed by atoms with Crippen molar-refractivity contribution in [1.29, 1.82) is 0 Å². The standard InChI is InChI=1S/C27H19FN4O4S/c1-35-20-12-9-16(13-21(20)36-2)24-29-27-32(30-24)26(34)23(37-27)22-18-5-3-4-6-19(18)31(25(22)33)14-15-7-10-17(28)11-8-15/h3-13H,14H2,1-2H3. The molecular weight excluding hydrogens is 495 g/mol. The Balaban J connectivity index is 1.45. The van der Waals surface area contributed by atoms with Crippen molar-refractivity contribution in [2.24, 2.45) is 0 Å². The van der Waals surface area contributed by atoms with E-state index >= 15 is 0 Å². The largest absolute Gasteiger partial charge is 0.493 e. The minimum absolute atomic E-state index is 0.248. The van der Waals surface area contributed by atoms with Crippen LogP contribution in [-0.4, -0.2) is 34.7 Å². The molecule has 37 heavy (non-hydrogen) atoms. The Hall–Kier alpha value is -4.57. The molecule has 2 aromatic heterocycles. The molecule has 5 aromatic rings. The first-order valence-corrected chi connectivity index (χ1v) is 12.1. The molecule has 0 spiro atoms. The van der Waals surface area contributed by atoms with E-state index in [9.17, 15) is 14.0 Å². The molecule has 0 aliphatic carbocycles. The number of fused-ring (bicyclic) bond motifs is 2. The molecule has 0 saturated heterocycles. The average Bonchev–Trinajstić information content (AvgIpc) is 3.55. The summed E-state index contributed by atoms with van der Waals surface area (Å²) in [5, 5.41) is 4.41. The molecule has 0 radical (unpaired) electrons. The Morgan fingerprint density at radius 1 is 0.946 bits per heavy atom. The summed E-state index contributed by atoms with van der Waals surface area (Å²) in [6.45, 7) is 0.248. The average molecular weight is 515 g/mol. The van der Waals surface area contributed by atoms with Crippen LogP contribution in [0.4, 0.5) is 10.1 Å². The van der Waals surface area contributed by atoms with Crippen LogP contribution in [0.25, 0.3) is 21.9 Å². The number of methoxy groups -OCH3 is 2. The maximum Gasteiger partial charge on any atom is 0.291 e. The van der Waals surface area contributed by atoms with Gasteiger partial charge in [-0.15, -0.1) is 5.10 Å². The lowest BCUT2D eigenvalue weighted by Crippen LogP contribution is -2.32. The van der Waals surface area contributed by atoms with Gasteiger partial charge >= 0.3 is 0 Å². The zero-order valence-corrected chi connectivity index (χ0v) is 20.6. The number of aromatic nitrogens is 3. The summed E-state index contributed by atoms with van der Waals surface area (Å²) in [7, 11) is 3.09. The van der Waals surface area contributed by atoms with E-state index in [4.69, 9.17) is 9.47 Å². The number of nitrogens with zero attached hydrogens (tertiary/aromatic N) is 4. The fourth-order valence-electron chi connectivity index (χ4n) is 4.41. The summed E-state index contributed by atoms with van der Waals surface area (Å²) in [6.07, 6.45) is 0. The molecule has 1 aliphatic heterocycles. The number of ether oxygens (including phenoxy) is 2. The monoisotopic (exact) mass is 514 g/mol. The van der Waals surface area contributed by atoms with Crippen molar-refractivity contribution in [2.45, 2.75) is 6.54 Å². The van der Waals surface area contributed by atoms with E-state index in [1.807, 2.05) is 24.3 Å². The second-order valence-corrected chi connectivity index (χ2v) is 9.32. The highest BCUT2D eigenvalue weighted by molar-refractivity contribution is 7.15. The SMILES string of the molecule is COc1ccc(-c2nc3sc(=C4C(=O)N(Cc5ccc(F)cc5)c5ccccc54)c(=O)n3n2)cc1OC. The first-order chi connectivity index (χ1) is 18.0. The van der Waals surface area contributed by atoms with Crippen LogP contribution in [0.5, 0.6) is 11.5 Å². The van der Waals surface area contributed by atoms with Crippen molar-refractivity contribution in [2.75, 3.05) is 19.1 Å². The minimum atomic E-state index is -0.416. The maximum absolute atomic E-state index is 13.6. The van der Waals surface area contributed by atoms with Crippen LogP contribution in [0, 0.1) is 5.82 Å². The summed E-state index contributed by atoms with van der Waals surface area (Å²) in [5.41, 5.74) is 2.69. The third-order valence-electron chi connectivity index (χ3n) is 6.20. The summed E-state index contributed by atoms with van der Waals surface area (Å²) in [4.78, 5) is 33.6. The fraction of sp³-hybridized carbons (Fsp3) is 0.111. The van der Waals surface area contributed by atoms with E-state index in [2.05, 4.69) is 10.1 Å². The molecule has 10 heteroatoms. The topological polar surface area (TPSA) is 86.0 Å². The minimum Gasteiger partial charge on any atom is -0.493 e. The van der Waals surface area contributed by atoms with Gasteiger partial charge in [0.25, 0.3) is 11.5 Å². The third-order valence-corrected chi connectivity index (χ3v) is 7.23. The van der Waals surface area contributed by atoms with Crippen molar-refractivity contribution in [3.05, 3.63) is 98.6 Å². The van der Waals surface area contributed by atoms with Crippen LogP contribution < -0.4 is 24.5 Å². The number of carbonyl (C=O) groups is 1. The van der Waals surface area contributed by atoms with E-state index in [0.717, 1.165) is 16.9 Å². The summed E-state index contributed by atoms with van der Waals surface area (Å²) < 4.78 is 25.5. The molecule has 3 heterocycles. The number of rotatable bonds is 5. The second kappa shape index (κ2) is 8.82. The van der Waals surface area contributed by atoms with E-state index in [1.165, 1.54) is 23.8 Å². The van der Waals surface area contributed by atoms with Gasteiger partial charge in [0.05, 0.1) is 32.0 Å². The predicted molar refractivity (Wildman–Crippen MR) is 137 cm³/mol. The van der Waals surface area contributed by atoms with E-state index < -0.39 is 5.56 Å². The van der Waals surface area contributed by atoms with Gasteiger partial charge in [0.2, 0.25) is 4.96 Å². The first-order valence-electron chi connectivity index (χ1n) is 11.3. The second-order valence-electron chi connectivity index (χ2n) is 8.35. The van der Waals surface area contributed by atoms with Crippen molar-refractivity contribution in [3.8, 4) is 22.9 Å². The van der Waals surface area contributed by atoms with E-state index in [-0.39, 0.29) is 22.8 Å². The molecule has 6 rings (SSSR count). The molecule has 0 fully saturated rings. The quantitative estimate of drug-likeness (QED) is 0.357. The number of amides is 1. The number of halogens is 1. The Labute approximate surface area is 213 Å². The number of thiazole rings is 1. The first kappa shape index (κ1) is 22.9. The predicted octanol–water partition coefficient (Wildman–Crippen LogP) is 3.44. The van der Waals surface area contributed by atoms with Crippen LogP contribution in [-0.2, 0) is 11.3 Å². The molecule has 0 N–H and O–H groups in total. The lowest BCUT2D eigenvalue weighted by Gasteiger charge is -2.17. The van der Waals surface area contributed by atoms with Gasteiger partial charge in [-0.3, -0.25) is 9.59 Å². The number of hydrogen-bond donors (Lipinski definition) is 0. The third kappa shape index (κ3) is 3.73. The zero-order chi connectivity index (χ0) is 25.7. The number of anilines is 1. The summed E-state index contributed by atoms with van der Waals surface area (Å²) in [6, 6.07) is 18.6. The Bertz CT molecular complexity index is 1800. The van der Waals surface area contributed by atoms with Crippen molar-refractivity contribution < 1.29 is 18.7 Å². The lowest BCUT2D eigenvalue weighted by molar-refractivity contribution is -0.113. The Kier molecular flexibility index (Phi) is 5.45. The van der Waals surface area contributed by atoms with Crippen molar-refractivity contribution in [3.63, 3.8) is 0 Å². The molecule has 0 bridgehead atoms. The highest BCUT2D eigenvalue weighted by atomic mass is 32.1. The van der Waals surface area contributed by atoms with Gasteiger partial charge in [-0.1, -0.05) is 41.7 Å². The van der Waals surface area contributed by atoms with Gasteiger partial charge in [0, 0.05) is 11.1 Å². The molecule has 8 nitrogen and oxygen atoms in total. The van der Waals surface area contributed by atoms with E-state index in [1.54, 1.807) is 42.3 Å². The molecule has 0 unspecified atom stereocenters. The molecule has 1 amide bonds. The van der Waals surface area contributed by atoms with Gasteiger partial charge in [-0.25, -0.2) is 4.39 Å². The van der Waals surface area contributed by atoms with Gasteiger partial charge in [-0.05, 0) is 42.0 Å². The van der Waals surface area contributed by atoms with Crippen LogP contribution in [0.3, 0.4) is 0 Å². The highest BCUT2D eigenvalue weighted by Gasteiger charge is 2.34.